The second-order valence-corrected chi connectivity index (χ2v) is 5.08. The number of hydrogen-bond acceptors (Lipinski definition) is 5. The van der Waals surface area contributed by atoms with Gasteiger partial charge in [-0.15, -0.1) is 0 Å². The summed E-state index contributed by atoms with van der Waals surface area (Å²) in [7, 11) is 0. The van der Waals surface area contributed by atoms with Crippen LogP contribution in [0.5, 0.6) is 0 Å². The van der Waals surface area contributed by atoms with Crippen molar-refractivity contribution in [3.63, 3.8) is 0 Å². The Morgan fingerprint density at radius 1 is 1.52 bits per heavy atom. The number of benzene rings is 1. The molecule has 1 aliphatic rings. The van der Waals surface area contributed by atoms with Crippen LogP contribution in [0.4, 0.5) is 5.69 Å². The summed E-state index contributed by atoms with van der Waals surface area (Å²) in [5, 5.41) is 2.80. The Kier molecular flexibility index (Phi) is 4.17. The highest BCUT2D eigenvalue weighted by atomic mass is 16.5. The van der Waals surface area contributed by atoms with Crippen molar-refractivity contribution in [1.29, 1.82) is 0 Å². The van der Waals surface area contributed by atoms with Crippen LogP contribution in [0.3, 0.4) is 0 Å². The van der Waals surface area contributed by atoms with Crippen molar-refractivity contribution in [1.82, 2.24) is 4.98 Å². The molecule has 0 radical (unpaired) electrons. The monoisotopic (exact) mass is 290 g/mol. The summed E-state index contributed by atoms with van der Waals surface area (Å²) in [5.74, 6) is 0.363. The lowest BCUT2D eigenvalue weighted by Gasteiger charge is -2.10. The number of hydrogen-bond donors (Lipinski definition) is 1. The molecule has 1 aromatic carbocycles. The van der Waals surface area contributed by atoms with Crippen molar-refractivity contribution in [3.05, 3.63) is 24.1 Å². The number of aryl methyl sites for hydroxylation is 1. The standard InChI is InChI=1S/C15H18N2O4/c1-10-16-15-12(5-2-6-13(15)21-10)17-14(18)9-19-8-11-4-3-7-20-11/h2,5-6,11H,3-4,7-9H2,1H3,(H,17,18). The van der Waals surface area contributed by atoms with Crippen LogP contribution in [0.15, 0.2) is 22.6 Å². The first-order valence-electron chi connectivity index (χ1n) is 7.08. The number of carbonyl (C=O) groups is 1. The third-order valence-electron chi connectivity index (χ3n) is 3.36. The van der Waals surface area contributed by atoms with Crippen molar-refractivity contribution in [2.45, 2.75) is 25.9 Å². The number of nitrogens with one attached hydrogen (secondary N) is 1. The van der Waals surface area contributed by atoms with E-state index < -0.39 is 0 Å². The molecule has 112 valence electrons. The van der Waals surface area contributed by atoms with E-state index in [1.54, 1.807) is 13.0 Å². The Balaban J connectivity index is 1.55. The molecule has 2 aromatic rings. The molecule has 1 aromatic heterocycles. The quantitative estimate of drug-likeness (QED) is 0.914. The number of aromatic nitrogens is 1. The summed E-state index contributed by atoms with van der Waals surface area (Å²) in [6, 6.07) is 5.43. The predicted molar refractivity (Wildman–Crippen MR) is 77.2 cm³/mol. The van der Waals surface area contributed by atoms with E-state index in [9.17, 15) is 4.79 Å². The van der Waals surface area contributed by atoms with E-state index in [1.807, 2.05) is 12.1 Å². The molecule has 0 spiro atoms. The molecule has 1 fully saturated rings. The molecule has 1 saturated heterocycles. The van der Waals surface area contributed by atoms with Gasteiger partial charge >= 0.3 is 0 Å². The highest BCUT2D eigenvalue weighted by molar-refractivity contribution is 5.99. The van der Waals surface area contributed by atoms with Gasteiger partial charge in [0.15, 0.2) is 11.5 Å². The summed E-state index contributed by atoms with van der Waals surface area (Å²) in [4.78, 5) is 16.2. The minimum absolute atomic E-state index is 0.00702. The van der Waals surface area contributed by atoms with E-state index in [2.05, 4.69) is 10.3 Å². The van der Waals surface area contributed by atoms with Crippen molar-refractivity contribution >= 4 is 22.7 Å². The fourth-order valence-corrected chi connectivity index (χ4v) is 2.41. The van der Waals surface area contributed by atoms with Gasteiger partial charge in [0.1, 0.15) is 12.1 Å². The summed E-state index contributed by atoms with van der Waals surface area (Å²) in [5.41, 5.74) is 1.95. The first-order valence-corrected chi connectivity index (χ1v) is 7.08. The number of anilines is 1. The van der Waals surface area contributed by atoms with Crippen LogP contribution in [0.25, 0.3) is 11.1 Å². The molecule has 3 rings (SSSR count). The summed E-state index contributed by atoms with van der Waals surface area (Å²) in [6.07, 6.45) is 2.19. The van der Waals surface area contributed by atoms with Gasteiger partial charge < -0.3 is 19.2 Å². The molecule has 2 heterocycles. The van der Waals surface area contributed by atoms with E-state index in [0.29, 0.717) is 29.3 Å². The van der Waals surface area contributed by atoms with Gasteiger partial charge in [-0.3, -0.25) is 4.79 Å². The number of nitrogens with zero attached hydrogens (tertiary/aromatic N) is 1. The smallest absolute Gasteiger partial charge is 0.250 e. The largest absolute Gasteiger partial charge is 0.441 e. The van der Waals surface area contributed by atoms with Gasteiger partial charge in [0.2, 0.25) is 5.91 Å². The van der Waals surface area contributed by atoms with Crippen molar-refractivity contribution in [3.8, 4) is 0 Å². The van der Waals surface area contributed by atoms with Gasteiger partial charge in [-0.25, -0.2) is 4.98 Å². The number of oxazole rings is 1. The molecule has 1 atom stereocenters. The van der Waals surface area contributed by atoms with Crippen LogP contribution in [0.1, 0.15) is 18.7 Å². The maximum Gasteiger partial charge on any atom is 0.250 e. The van der Waals surface area contributed by atoms with E-state index in [-0.39, 0.29) is 18.6 Å². The lowest BCUT2D eigenvalue weighted by atomic mass is 10.2. The molecule has 0 saturated carbocycles. The van der Waals surface area contributed by atoms with Gasteiger partial charge in [0.25, 0.3) is 0 Å². The molecule has 0 aliphatic carbocycles. The van der Waals surface area contributed by atoms with E-state index in [0.717, 1.165) is 19.4 Å². The Bertz CT molecular complexity index is 632. The first kappa shape index (κ1) is 14.0. The van der Waals surface area contributed by atoms with Crippen LogP contribution in [-0.4, -0.2) is 36.8 Å². The molecule has 21 heavy (non-hydrogen) atoms. The van der Waals surface area contributed by atoms with E-state index in [1.165, 1.54) is 0 Å². The number of rotatable bonds is 5. The highest BCUT2D eigenvalue weighted by Gasteiger charge is 2.16. The van der Waals surface area contributed by atoms with Gasteiger partial charge in [0, 0.05) is 13.5 Å². The maximum absolute atomic E-state index is 11.9. The molecule has 1 amide bonds. The molecular weight excluding hydrogens is 272 g/mol. The van der Waals surface area contributed by atoms with Crippen LogP contribution < -0.4 is 5.32 Å². The second kappa shape index (κ2) is 6.24. The van der Waals surface area contributed by atoms with E-state index in [4.69, 9.17) is 13.9 Å². The number of ether oxygens (including phenoxy) is 2. The number of fused-ring (bicyclic) bond motifs is 1. The molecule has 1 N–H and O–H groups in total. The SMILES string of the molecule is Cc1nc2c(NC(=O)COCC3CCCO3)cccc2o1. The number of amides is 1. The van der Waals surface area contributed by atoms with Crippen LogP contribution >= 0.6 is 0 Å². The molecular formula is C15H18N2O4. The third-order valence-corrected chi connectivity index (χ3v) is 3.36. The average molecular weight is 290 g/mol. The van der Waals surface area contributed by atoms with Crippen LogP contribution in [0, 0.1) is 6.92 Å². The van der Waals surface area contributed by atoms with Gasteiger partial charge in [0.05, 0.1) is 18.4 Å². The first-order chi connectivity index (χ1) is 10.2. The van der Waals surface area contributed by atoms with Crippen molar-refractivity contribution in [2.24, 2.45) is 0 Å². The predicted octanol–water partition coefficient (Wildman–Crippen LogP) is 2.27. The number of para-hydroxylation sites is 1. The molecule has 1 aliphatic heterocycles. The Morgan fingerprint density at radius 2 is 2.43 bits per heavy atom. The second-order valence-electron chi connectivity index (χ2n) is 5.08. The summed E-state index contributed by atoms with van der Waals surface area (Å²) >= 11 is 0. The Hall–Kier alpha value is -1.92. The zero-order valence-corrected chi connectivity index (χ0v) is 11.9. The van der Waals surface area contributed by atoms with Crippen molar-refractivity contribution in [2.75, 3.05) is 25.1 Å². The number of carbonyl (C=O) groups excluding carboxylic acids is 1. The summed E-state index contributed by atoms with van der Waals surface area (Å²) in [6.45, 7) is 3.03. The van der Waals surface area contributed by atoms with Crippen LogP contribution in [0.2, 0.25) is 0 Å². The summed E-state index contributed by atoms with van der Waals surface area (Å²) < 4.78 is 16.3. The van der Waals surface area contributed by atoms with Gasteiger partial charge in [-0.1, -0.05) is 6.07 Å². The van der Waals surface area contributed by atoms with E-state index >= 15 is 0 Å². The molecule has 6 nitrogen and oxygen atoms in total. The molecule has 1 unspecified atom stereocenters. The third kappa shape index (κ3) is 3.40. The Labute approximate surface area is 122 Å². The minimum Gasteiger partial charge on any atom is -0.441 e. The van der Waals surface area contributed by atoms with Crippen molar-refractivity contribution < 1.29 is 18.7 Å². The maximum atomic E-state index is 11.9. The average Bonchev–Trinajstić information content (AvgIpc) is 3.07. The molecule has 6 heteroatoms. The fraction of sp³-hybridized carbons (Fsp3) is 0.467. The molecule has 0 bridgehead atoms. The lowest BCUT2D eigenvalue weighted by Crippen LogP contribution is -2.22. The Morgan fingerprint density at radius 3 is 3.24 bits per heavy atom. The van der Waals surface area contributed by atoms with Crippen LogP contribution in [-0.2, 0) is 14.3 Å². The van der Waals surface area contributed by atoms with Gasteiger partial charge in [-0.2, -0.15) is 0 Å². The minimum atomic E-state index is -0.207. The topological polar surface area (TPSA) is 73.6 Å². The highest BCUT2D eigenvalue weighted by Crippen LogP contribution is 2.23. The fourth-order valence-electron chi connectivity index (χ4n) is 2.41. The zero-order valence-electron chi connectivity index (χ0n) is 11.9. The normalized spacial score (nSPS) is 18.2. The lowest BCUT2D eigenvalue weighted by molar-refractivity contribution is -0.121. The van der Waals surface area contributed by atoms with Gasteiger partial charge in [-0.05, 0) is 25.0 Å². The zero-order chi connectivity index (χ0) is 14.7.